The van der Waals surface area contributed by atoms with Crippen LogP contribution in [0.2, 0.25) is 0 Å². The number of hydrogen-bond acceptors (Lipinski definition) is 6. The molecule has 0 unspecified atom stereocenters. The molecule has 1 aliphatic rings. The van der Waals surface area contributed by atoms with Gasteiger partial charge in [0.15, 0.2) is 5.84 Å². The van der Waals surface area contributed by atoms with Crippen LogP contribution in [0.1, 0.15) is 13.3 Å². The summed E-state index contributed by atoms with van der Waals surface area (Å²) in [5.41, 5.74) is 2.31. The van der Waals surface area contributed by atoms with Gasteiger partial charge in [0, 0.05) is 6.42 Å². The number of hydrogen-bond donors (Lipinski definition) is 1. The van der Waals surface area contributed by atoms with Gasteiger partial charge in [-0.25, -0.2) is 0 Å². The van der Waals surface area contributed by atoms with Crippen LogP contribution in [-0.2, 0) is 0 Å². The van der Waals surface area contributed by atoms with Crippen molar-refractivity contribution in [2.75, 3.05) is 0 Å². The average molecular weight is 126 g/mol. The van der Waals surface area contributed by atoms with Gasteiger partial charge in [0.05, 0.1) is 0 Å². The molecule has 0 fully saturated rings. The molecule has 0 bridgehead atoms. The highest BCUT2D eigenvalue weighted by Crippen LogP contribution is 1.92. The largest absolute Gasteiger partial charge is 0.176 e. The summed E-state index contributed by atoms with van der Waals surface area (Å²) in [5.74, 6) is 0.597. The van der Waals surface area contributed by atoms with Crippen molar-refractivity contribution in [1.82, 2.24) is 5.53 Å². The Labute approximate surface area is 51.7 Å². The van der Waals surface area contributed by atoms with Gasteiger partial charge < -0.3 is 0 Å². The monoisotopic (exact) mass is 126 g/mol. The molecule has 0 spiro atoms. The molecule has 0 aromatic rings. The molecule has 0 saturated carbocycles. The minimum atomic E-state index is 0.597. The van der Waals surface area contributed by atoms with Crippen LogP contribution in [0.3, 0.4) is 0 Å². The zero-order valence-electron chi connectivity index (χ0n) is 4.94. The Morgan fingerprint density at radius 1 is 1.44 bits per heavy atom. The lowest BCUT2D eigenvalue weighted by Gasteiger charge is -1.86. The second kappa shape index (κ2) is 2.85. The molecule has 1 aliphatic heterocycles. The zero-order chi connectivity index (χ0) is 6.53. The molecule has 0 amide bonds. The van der Waals surface area contributed by atoms with Gasteiger partial charge in [-0.3, -0.25) is 0 Å². The average Bonchev–Trinajstić information content (AvgIpc) is 2.13. The maximum absolute atomic E-state index is 3.69. The minimum Gasteiger partial charge on any atom is -0.176 e. The molecule has 48 valence electrons. The summed E-state index contributed by atoms with van der Waals surface area (Å²) in [6, 6.07) is 0. The van der Waals surface area contributed by atoms with Crippen LogP contribution in [0.25, 0.3) is 0 Å². The minimum absolute atomic E-state index is 0.597. The molecule has 1 rings (SSSR count). The maximum Gasteiger partial charge on any atom is 0.174 e. The van der Waals surface area contributed by atoms with Crippen molar-refractivity contribution in [3.8, 4) is 0 Å². The van der Waals surface area contributed by atoms with Gasteiger partial charge in [0.1, 0.15) is 0 Å². The van der Waals surface area contributed by atoms with Crippen molar-refractivity contribution >= 4 is 5.84 Å². The van der Waals surface area contributed by atoms with E-state index in [0.29, 0.717) is 5.84 Å². The Bertz CT molecular complexity index is 167. The second-order valence-corrected chi connectivity index (χ2v) is 1.36. The van der Waals surface area contributed by atoms with Crippen LogP contribution in [0.15, 0.2) is 25.9 Å². The SMILES string of the molecule is CCC1=NNN=NN=N1. The molecule has 0 saturated heterocycles. The van der Waals surface area contributed by atoms with Crippen molar-refractivity contribution in [2.24, 2.45) is 25.9 Å². The Kier molecular flexibility index (Phi) is 1.84. The van der Waals surface area contributed by atoms with Crippen molar-refractivity contribution in [1.29, 1.82) is 0 Å². The van der Waals surface area contributed by atoms with Gasteiger partial charge in [0.25, 0.3) is 0 Å². The summed E-state index contributed by atoms with van der Waals surface area (Å²) in [6.45, 7) is 1.92. The highest BCUT2D eigenvalue weighted by molar-refractivity contribution is 5.81. The quantitative estimate of drug-likeness (QED) is 0.560. The van der Waals surface area contributed by atoms with E-state index in [-0.39, 0.29) is 0 Å². The Hall–Kier alpha value is -1.33. The van der Waals surface area contributed by atoms with Crippen LogP contribution >= 0.6 is 0 Å². The van der Waals surface area contributed by atoms with E-state index in [2.05, 4.69) is 31.4 Å². The third kappa shape index (κ3) is 1.56. The number of nitrogens with one attached hydrogen (secondary N) is 1. The molecule has 1 N–H and O–H groups in total. The molecular formula is C3H6N6. The van der Waals surface area contributed by atoms with Gasteiger partial charge in [-0.05, 0) is 15.7 Å². The predicted octanol–water partition coefficient (Wildman–Crippen LogP) is 1.05. The van der Waals surface area contributed by atoms with E-state index < -0.39 is 0 Å². The summed E-state index contributed by atoms with van der Waals surface area (Å²) >= 11 is 0. The normalized spacial score (nSPS) is 16.3. The third-order valence-electron chi connectivity index (χ3n) is 0.785. The maximum atomic E-state index is 3.69. The van der Waals surface area contributed by atoms with Gasteiger partial charge in [-0.1, -0.05) is 6.92 Å². The molecule has 0 aromatic carbocycles. The molecular weight excluding hydrogens is 120 g/mol. The van der Waals surface area contributed by atoms with E-state index in [9.17, 15) is 0 Å². The standard InChI is InChI=1S/C3H6N6/c1-2-3-4-6-8-9-7-5-3/h2H2,1H3,(H,4,5,6,7,8,9). The van der Waals surface area contributed by atoms with E-state index in [1.807, 2.05) is 6.92 Å². The molecule has 9 heavy (non-hydrogen) atoms. The molecule has 0 aromatic heterocycles. The molecule has 0 radical (unpaired) electrons. The highest BCUT2D eigenvalue weighted by Gasteiger charge is 1.92. The number of rotatable bonds is 1. The van der Waals surface area contributed by atoms with Gasteiger partial charge in [-0.2, -0.15) is 5.53 Å². The second-order valence-electron chi connectivity index (χ2n) is 1.36. The lowest BCUT2D eigenvalue weighted by molar-refractivity contribution is 0.727. The molecule has 1 heterocycles. The molecule has 0 aliphatic carbocycles. The number of nitrogens with zero attached hydrogens (tertiary/aromatic N) is 5. The van der Waals surface area contributed by atoms with Crippen molar-refractivity contribution in [3.05, 3.63) is 0 Å². The molecule has 6 heteroatoms. The smallest absolute Gasteiger partial charge is 0.174 e. The van der Waals surface area contributed by atoms with E-state index in [1.165, 1.54) is 0 Å². The summed E-state index contributed by atoms with van der Waals surface area (Å²) < 4.78 is 0. The number of amidine groups is 1. The van der Waals surface area contributed by atoms with E-state index in [0.717, 1.165) is 6.42 Å². The Balaban J connectivity index is 2.63. The fourth-order valence-electron chi connectivity index (χ4n) is 0.364. The number of hydrazone groups is 1. The van der Waals surface area contributed by atoms with Crippen LogP contribution in [-0.4, -0.2) is 5.84 Å². The Morgan fingerprint density at radius 3 is 3.11 bits per heavy atom. The first kappa shape index (κ1) is 5.80. The van der Waals surface area contributed by atoms with E-state index in [4.69, 9.17) is 0 Å². The van der Waals surface area contributed by atoms with Crippen molar-refractivity contribution in [3.63, 3.8) is 0 Å². The Morgan fingerprint density at radius 2 is 2.33 bits per heavy atom. The fourth-order valence-corrected chi connectivity index (χ4v) is 0.364. The first-order valence-electron chi connectivity index (χ1n) is 2.56. The lowest BCUT2D eigenvalue weighted by atomic mass is 10.5. The van der Waals surface area contributed by atoms with E-state index >= 15 is 0 Å². The molecule has 0 atom stereocenters. The first-order chi connectivity index (χ1) is 4.43. The predicted molar refractivity (Wildman–Crippen MR) is 30.6 cm³/mol. The van der Waals surface area contributed by atoms with Gasteiger partial charge in [0.2, 0.25) is 0 Å². The highest BCUT2D eigenvalue weighted by atomic mass is 15.7. The van der Waals surface area contributed by atoms with Gasteiger partial charge >= 0.3 is 0 Å². The van der Waals surface area contributed by atoms with E-state index in [1.54, 1.807) is 0 Å². The third-order valence-corrected chi connectivity index (χ3v) is 0.785. The summed E-state index contributed by atoms with van der Waals surface area (Å²) in [7, 11) is 0. The summed E-state index contributed by atoms with van der Waals surface area (Å²) in [6.07, 6.45) is 0.724. The van der Waals surface area contributed by atoms with Crippen LogP contribution in [0, 0.1) is 0 Å². The first-order valence-corrected chi connectivity index (χ1v) is 2.56. The van der Waals surface area contributed by atoms with Crippen LogP contribution in [0.5, 0.6) is 0 Å². The van der Waals surface area contributed by atoms with Crippen LogP contribution in [0.4, 0.5) is 0 Å². The topological polar surface area (TPSA) is 73.8 Å². The van der Waals surface area contributed by atoms with Crippen molar-refractivity contribution in [2.45, 2.75) is 13.3 Å². The van der Waals surface area contributed by atoms with Crippen LogP contribution < -0.4 is 5.53 Å². The van der Waals surface area contributed by atoms with Gasteiger partial charge in [-0.15, -0.1) is 10.2 Å². The summed E-state index contributed by atoms with van der Waals surface area (Å²) in [4.78, 5) is 0. The zero-order valence-corrected chi connectivity index (χ0v) is 4.94. The lowest BCUT2D eigenvalue weighted by Crippen LogP contribution is -1.97. The van der Waals surface area contributed by atoms with Crippen molar-refractivity contribution < 1.29 is 0 Å². The molecule has 6 nitrogen and oxygen atoms in total. The summed E-state index contributed by atoms with van der Waals surface area (Å²) in [5, 5.41) is 17.1. The fraction of sp³-hybridized carbons (Fsp3) is 0.667.